The van der Waals surface area contributed by atoms with Crippen LogP contribution in [0.4, 0.5) is 9.80 Å². The zero-order chi connectivity index (χ0) is 22.5. The van der Waals surface area contributed by atoms with Gasteiger partial charge in [-0.2, -0.15) is 16.6 Å². The first-order chi connectivity index (χ1) is 15.5. The van der Waals surface area contributed by atoms with E-state index in [2.05, 4.69) is 21.7 Å². The van der Waals surface area contributed by atoms with E-state index in [0.29, 0.717) is 36.4 Å². The van der Waals surface area contributed by atoms with Crippen molar-refractivity contribution in [1.29, 1.82) is 5.26 Å². The molecule has 3 aromatic rings. The average Bonchev–Trinajstić information content (AvgIpc) is 3.50. The fraction of sp³-hybridized carbons (Fsp3) is 0.273. The van der Waals surface area contributed by atoms with Gasteiger partial charge < -0.3 is 19.9 Å². The molecule has 0 spiro atoms. The van der Waals surface area contributed by atoms with Crippen LogP contribution in [-0.4, -0.2) is 27.7 Å². The van der Waals surface area contributed by atoms with Gasteiger partial charge in [0.2, 0.25) is 5.91 Å². The molecule has 2 amide bonds. The summed E-state index contributed by atoms with van der Waals surface area (Å²) in [4.78, 5) is 29.6. The second kappa shape index (κ2) is 9.80. The molecular weight excluding hydrogens is 446 g/mol. The molecule has 0 radical (unpaired) electrons. The molecule has 1 aliphatic rings. The number of thiophene rings is 2. The first kappa shape index (κ1) is 21.8. The van der Waals surface area contributed by atoms with Crippen LogP contribution in [0.3, 0.4) is 0 Å². The van der Waals surface area contributed by atoms with Gasteiger partial charge in [0.05, 0.1) is 24.1 Å². The van der Waals surface area contributed by atoms with Crippen molar-refractivity contribution in [3.8, 4) is 6.07 Å². The number of nitrogens with one attached hydrogen (secondary N) is 2. The summed E-state index contributed by atoms with van der Waals surface area (Å²) in [6, 6.07) is 4.14. The standard InChI is InChI=1S/C22H21N5O3S2/c1-27-11-15(25-13-27)10-24-22(29)30-16-3-4-17-18(9-23)21(32-19(17)8-16)26-20(28)5-2-14-6-7-31-12-14/h2,5-7,11-13,16H,3-4,8,10H2,1H3,(H,24,29)(H,26,28)/b5-2+. The third kappa shape index (κ3) is 5.25. The molecule has 2 N–H and O–H groups in total. The molecule has 1 atom stereocenters. The second-order valence-electron chi connectivity index (χ2n) is 7.35. The van der Waals surface area contributed by atoms with Crippen LogP contribution in [0.5, 0.6) is 0 Å². The third-order valence-corrected chi connectivity index (χ3v) is 6.86. The first-order valence-corrected chi connectivity index (χ1v) is 11.7. The summed E-state index contributed by atoms with van der Waals surface area (Å²) in [5, 5.41) is 19.6. The number of hydrogen-bond donors (Lipinski definition) is 2. The zero-order valence-electron chi connectivity index (χ0n) is 17.3. The minimum atomic E-state index is -0.492. The zero-order valence-corrected chi connectivity index (χ0v) is 19.0. The minimum Gasteiger partial charge on any atom is -0.446 e. The Hall–Kier alpha value is -3.42. The first-order valence-electron chi connectivity index (χ1n) is 9.99. The van der Waals surface area contributed by atoms with Crippen LogP contribution in [0.2, 0.25) is 0 Å². The van der Waals surface area contributed by atoms with Crippen molar-refractivity contribution >= 4 is 45.8 Å². The molecule has 3 aromatic heterocycles. The van der Waals surface area contributed by atoms with Crippen LogP contribution in [0, 0.1) is 11.3 Å². The molecule has 1 aliphatic carbocycles. The Kier molecular flexibility index (Phi) is 6.68. The van der Waals surface area contributed by atoms with Gasteiger partial charge in [-0.15, -0.1) is 11.3 Å². The number of carbonyl (C=O) groups excluding carboxylic acids is 2. The summed E-state index contributed by atoms with van der Waals surface area (Å²) in [7, 11) is 1.86. The molecular formula is C22H21N5O3S2. The number of rotatable bonds is 6. The van der Waals surface area contributed by atoms with Crippen LogP contribution >= 0.6 is 22.7 Å². The fourth-order valence-electron chi connectivity index (χ4n) is 3.47. The topological polar surface area (TPSA) is 109 Å². The lowest BCUT2D eigenvalue weighted by Crippen LogP contribution is -2.31. The average molecular weight is 468 g/mol. The summed E-state index contributed by atoms with van der Waals surface area (Å²) in [6.45, 7) is 0.296. The van der Waals surface area contributed by atoms with E-state index >= 15 is 0 Å². The Morgan fingerprint density at radius 1 is 1.47 bits per heavy atom. The van der Waals surface area contributed by atoms with Crippen molar-refractivity contribution in [3.05, 3.63) is 62.7 Å². The van der Waals surface area contributed by atoms with E-state index in [-0.39, 0.29) is 12.0 Å². The predicted octanol–water partition coefficient (Wildman–Crippen LogP) is 3.85. The van der Waals surface area contributed by atoms with E-state index in [9.17, 15) is 14.9 Å². The van der Waals surface area contributed by atoms with Crippen molar-refractivity contribution in [2.24, 2.45) is 7.05 Å². The van der Waals surface area contributed by atoms with Crippen LogP contribution in [0.15, 0.2) is 35.4 Å². The summed E-state index contributed by atoms with van der Waals surface area (Å²) in [6.07, 6.45) is 7.68. The number of aromatic nitrogens is 2. The largest absolute Gasteiger partial charge is 0.446 e. The van der Waals surface area contributed by atoms with Gasteiger partial charge in [0.15, 0.2) is 0 Å². The van der Waals surface area contributed by atoms with E-state index in [4.69, 9.17) is 4.74 Å². The van der Waals surface area contributed by atoms with Gasteiger partial charge in [-0.1, -0.05) is 0 Å². The van der Waals surface area contributed by atoms with Crippen molar-refractivity contribution < 1.29 is 14.3 Å². The van der Waals surface area contributed by atoms with Gasteiger partial charge >= 0.3 is 6.09 Å². The van der Waals surface area contributed by atoms with Crippen molar-refractivity contribution in [1.82, 2.24) is 14.9 Å². The number of fused-ring (bicyclic) bond motifs is 1. The van der Waals surface area contributed by atoms with Crippen LogP contribution in [0.25, 0.3) is 6.08 Å². The fourth-order valence-corrected chi connectivity index (χ4v) is 5.37. The van der Waals surface area contributed by atoms with E-state index in [0.717, 1.165) is 21.7 Å². The van der Waals surface area contributed by atoms with E-state index in [1.807, 2.05) is 34.6 Å². The molecule has 0 aromatic carbocycles. The van der Waals surface area contributed by atoms with E-state index < -0.39 is 6.09 Å². The lowest BCUT2D eigenvalue weighted by Gasteiger charge is -2.22. The molecule has 0 aliphatic heterocycles. The Morgan fingerprint density at radius 3 is 3.06 bits per heavy atom. The lowest BCUT2D eigenvalue weighted by molar-refractivity contribution is -0.111. The number of alkyl carbamates (subject to hydrolysis) is 1. The van der Waals surface area contributed by atoms with Crippen molar-refractivity contribution in [2.45, 2.75) is 31.9 Å². The number of carbonyl (C=O) groups is 2. The number of hydrogen-bond acceptors (Lipinski definition) is 7. The highest BCUT2D eigenvalue weighted by Crippen LogP contribution is 2.38. The van der Waals surface area contributed by atoms with Crippen LogP contribution in [0.1, 0.15) is 33.7 Å². The number of amides is 2. The highest BCUT2D eigenvalue weighted by atomic mass is 32.1. The summed E-state index contributed by atoms with van der Waals surface area (Å²) in [5.74, 6) is -0.284. The quantitative estimate of drug-likeness (QED) is 0.535. The number of nitrogens with zero attached hydrogens (tertiary/aromatic N) is 3. The summed E-state index contributed by atoms with van der Waals surface area (Å²) < 4.78 is 7.37. The Morgan fingerprint density at radius 2 is 2.34 bits per heavy atom. The van der Waals surface area contributed by atoms with Crippen LogP contribution < -0.4 is 10.6 Å². The van der Waals surface area contributed by atoms with Crippen molar-refractivity contribution in [2.75, 3.05) is 5.32 Å². The van der Waals surface area contributed by atoms with Gasteiger partial charge in [-0.3, -0.25) is 4.79 Å². The predicted molar refractivity (Wildman–Crippen MR) is 123 cm³/mol. The smallest absolute Gasteiger partial charge is 0.407 e. The molecule has 3 heterocycles. The molecule has 0 fully saturated rings. The van der Waals surface area contributed by atoms with Crippen molar-refractivity contribution in [3.63, 3.8) is 0 Å². The number of imidazole rings is 1. The van der Waals surface area contributed by atoms with Gasteiger partial charge in [-0.05, 0) is 46.9 Å². The highest BCUT2D eigenvalue weighted by molar-refractivity contribution is 7.16. The third-order valence-electron chi connectivity index (χ3n) is 4.98. The Balaban J connectivity index is 1.35. The van der Waals surface area contributed by atoms with Gasteiger partial charge in [-0.25, -0.2) is 9.78 Å². The van der Waals surface area contributed by atoms with Gasteiger partial charge in [0.1, 0.15) is 17.2 Å². The summed E-state index contributed by atoms with van der Waals surface area (Å²) in [5.41, 5.74) is 3.14. The normalized spacial score (nSPS) is 15.2. The molecule has 4 rings (SSSR count). The van der Waals surface area contributed by atoms with Gasteiger partial charge in [0, 0.05) is 30.6 Å². The second-order valence-corrected chi connectivity index (χ2v) is 9.24. The monoisotopic (exact) mass is 467 g/mol. The molecule has 0 saturated heterocycles. The molecule has 164 valence electrons. The molecule has 32 heavy (non-hydrogen) atoms. The molecule has 0 saturated carbocycles. The SMILES string of the molecule is Cn1cnc(CNC(=O)OC2CCc3c(sc(NC(=O)/C=C/c4ccsc4)c3C#N)C2)c1. The molecule has 10 heteroatoms. The van der Waals surface area contributed by atoms with E-state index in [1.54, 1.807) is 23.7 Å². The summed E-state index contributed by atoms with van der Waals surface area (Å²) >= 11 is 2.93. The van der Waals surface area contributed by atoms with Gasteiger partial charge in [0.25, 0.3) is 0 Å². The molecule has 1 unspecified atom stereocenters. The molecule has 0 bridgehead atoms. The highest BCUT2D eigenvalue weighted by Gasteiger charge is 2.28. The number of aryl methyl sites for hydroxylation is 1. The number of nitriles is 1. The lowest BCUT2D eigenvalue weighted by atomic mass is 9.94. The number of ether oxygens (including phenoxy) is 1. The maximum Gasteiger partial charge on any atom is 0.407 e. The number of anilines is 1. The van der Waals surface area contributed by atoms with Crippen LogP contribution in [-0.2, 0) is 36.0 Å². The minimum absolute atomic E-state index is 0.279. The molecule has 8 nitrogen and oxygen atoms in total. The Labute approximate surface area is 193 Å². The van der Waals surface area contributed by atoms with E-state index in [1.165, 1.54) is 17.4 Å². The maximum absolute atomic E-state index is 12.3. The maximum atomic E-state index is 12.3. The Bertz CT molecular complexity index is 1190.